The number of nitro benzene ring substituents is 1. The van der Waals surface area contributed by atoms with E-state index in [4.69, 9.17) is 23.7 Å². The average molecular weight is 453 g/mol. The zero-order chi connectivity index (χ0) is 24.0. The summed E-state index contributed by atoms with van der Waals surface area (Å²) in [7, 11) is 4.25. The number of hydrogen-bond acceptors (Lipinski definition) is 9. The molecule has 170 valence electrons. The number of carbonyl (C=O) groups is 2. The van der Waals surface area contributed by atoms with E-state index in [1.54, 1.807) is 12.1 Å². The molecule has 0 aliphatic heterocycles. The number of nitro groups is 1. The first kappa shape index (κ1) is 23.1. The molecular weight excluding hydrogens is 434 g/mol. The van der Waals surface area contributed by atoms with Crippen LogP contribution in [-0.2, 0) is 0 Å². The van der Waals surface area contributed by atoms with Crippen molar-refractivity contribution in [2.45, 2.75) is 0 Å². The van der Waals surface area contributed by atoms with Crippen molar-refractivity contribution in [3.8, 4) is 28.7 Å². The van der Waals surface area contributed by atoms with Crippen LogP contribution in [0.25, 0.3) is 0 Å². The third-order valence-corrected chi connectivity index (χ3v) is 4.49. The van der Waals surface area contributed by atoms with Gasteiger partial charge in [0.2, 0.25) is 0 Å². The first-order valence-corrected chi connectivity index (χ1v) is 9.45. The molecule has 3 rings (SSSR count). The van der Waals surface area contributed by atoms with Gasteiger partial charge < -0.3 is 23.7 Å². The molecule has 0 spiro atoms. The van der Waals surface area contributed by atoms with Gasteiger partial charge in [-0.3, -0.25) is 10.1 Å². The topological polar surface area (TPSA) is 123 Å². The monoisotopic (exact) mass is 453 g/mol. The summed E-state index contributed by atoms with van der Waals surface area (Å²) >= 11 is 0. The lowest BCUT2D eigenvalue weighted by Gasteiger charge is -2.12. The van der Waals surface area contributed by atoms with E-state index < -0.39 is 16.9 Å². The molecule has 0 unspecified atom stereocenters. The molecule has 10 nitrogen and oxygen atoms in total. The molecule has 0 radical (unpaired) electrons. The number of benzene rings is 3. The Morgan fingerprint density at radius 3 is 1.61 bits per heavy atom. The molecule has 0 fully saturated rings. The number of hydrogen-bond donors (Lipinski definition) is 0. The highest BCUT2D eigenvalue weighted by Crippen LogP contribution is 2.29. The van der Waals surface area contributed by atoms with Gasteiger partial charge in [0, 0.05) is 24.3 Å². The number of ether oxygens (including phenoxy) is 5. The second-order valence-electron chi connectivity index (χ2n) is 6.46. The molecule has 3 aromatic rings. The summed E-state index contributed by atoms with van der Waals surface area (Å²) in [6.45, 7) is 0. The third kappa shape index (κ3) is 5.37. The largest absolute Gasteiger partial charge is 0.497 e. The second kappa shape index (κ2) is 10.1. The Hall–Kier alpha value is -4.60. The van der Waals surface area contributed by atoms with Gasteiger partial charge in [-0.15, -0.1) is 0 Å². The zero-order valence-electron chi connectivity index (χ0n) is 17.9. The SMILES string of the molecule is COc1ccc(C(=O)Oc2ccc(C(=O)Oc3ccc([N+](=O)[O-])cc3)c(OC)c2)c(OC)c1. The zero-order valence-corrected chi connectivity index (χ0v) is 17.9. The van der Waals surface area contributed by atoms with Gasteiger partial charge in [-0.2, -0.15) is 0 Å². The standard InChI is InChI=1S/C23H19NO9/c1-29-16-8-10-18(20(12-16)30-2)23(26)33-17-9-11-19(21(13-17)31-3)22(25)32-15-6-4-14(5-7-15)24(27)28/h4-13H,1-3H3. The predicted molar refractivity (Wildman–Crippen MR) is 116 cm³/mol. The van der Waals surface area contributed by atoms with E-state index in [-0.39, 0.29) is 39.8 Å². The summed E-state index contributed by atoms with van der Waals surface area (Å²) in [5, 5.41) is 10.7. The third-order valence-electron chi connectivity index (χ3n) is 4.49. The summed E-state index contributed by atoms with van der Waals surface area (Å²) in [4.78, 5) is 35.3. The lowest BCUT2D eigenvalue weighted by atomic mass is 10.1. The van der Waals surface area contributed by atoms with Gasteiger partial charge in [-0.25, -0.2) is 9.59 Å². The molecule has 3 aromatic carbocycles. The molecule has 0 aliphatic rings. The number of nitrogens with zero attached hydrogens (tertiary/aromatic N) is 1. The van der Waals surface area contributed by atoms with Crippen LogP contribution in [0.2, 0.25) is 0 Å². The average Bonchev–Trinajstić information content (AvgIpc) is 2.83. The summed E-state index contributed by atoms with van der Waals surface area (Å²) in [5.41, 5.74) is 0.114. The molecule has 0 N–H and O–H groups in total. The molecule has 0 atom stereocenters. The maximum Gasteiger partial charge on any atom is 0.347 e. The number of carbonyl (C=O) groups excluding carboxylic acids is 2. The maximum atomic E-state index is 12.6. The molecule has 0 heterocycles. The Morgan fingerprint density at radius 2 is 1.12 bits per heavy atom. The lowest BCUT2D eigenvalue weighted by Crippen LogP contribution is -2.12. The number of methoxy groups -OCH3 is 3. The Morgan fingerprint density at radius 1 is 0.667 bits per heavy atom. The van der Waals surface area contributed by atoms with Crippen molar-refractivity contribution in [1.82, 2.24) is 0 Å². The molecule has 0 saturated carbocycles. The second-order valence-corrected chi connectivity index (χ2v) is 6.46. The quantitative estimate of drug-likeness (QED) is 0.215. The summed E-state index contributed by atoms with van der Waals surface area (Å²) < 4.78 is 26.2. The first-order valence-electron chi connectivity index (χ1n) is 9.45. The molecule has 33 heavy (non-hydrogen) atoms. The van der Waals surface area contributed by atoms with Crippen LogP contribution in [0.5, 0.6) is 28.7 Å². The molecule has 0 aliphatic carbocycles. The Kier molecular flexibility index (Phi) is 7.09. The van der Waals surface area contributed by atoms with Crippen molar-refractivity contribution >= 4 is 17.6 Å². The van der Waals surface area contributed by atoms with E-state index in [9.17, 15) is 19.7 Å². The Bertz CT molecular complexity index is 1190. The van der Waals surface area contributed by atoms with Gasteiger partial charge in [0.25, 0.3) is 5.69 Å². The van der Waals surface area contributed by atoms with Gasteiger partial charge in [0.1, 0.15) is 39.9 Å². The van der Waals surface area contributed by atoms with Crippen LogP contribution in [0.4, 0.5) is 5.69 Å². The molecule has 0 bridgehead atoms. The maximum absolute atomic E-state index is 12.6. The van der Waals surface area contributed by atoms with Crippen molar-refractivity contribution in [2.24, 2.45) is 0 Å². The van der Waals surface area contributed by atoms with Crippen molar-refractivity contribution in [3.05, 3.63) is 81.9 Å². The van der Waals surface area contributed by atoms with E-state index in [1.165, 1.54) is 69.9 Å². The first-order chi connectivity index (χ1) is 15.9. The van der Waals surface area contributed by atoms with Crippen LogP contribution in [0.3, 0.4) is 0 Å². The minimum atomic E-state index is -0.754. The van der Waals surface area contributed by atoms with Crippen LogP contribution in [0.15, 0.2) is 60.7 Å². The molecule has 10 heteroatoms. The van der Waals surface area contributed by atoms with Gasteiger partial charge in [-0.1, -0.05) is 0 Å². The molecule has 0 aromatic heterocycles. The highest BCUT2D eigenvalue weighted by atomic mass is 16.6. The Labute approximate surface area is 188 Å². The van der Waals surface area contributed by atoms with Crippen LogP contribution in [-0.4, -0.2) is 38.2 Å². The van der Waals surface area contributed by atoms with Gasteiger partial charge >= 0.3 is 11.9 Å². The predicted octanol–water partition coefficient (Wildman–Crippen LogP) is 4.06. The van der Waals surface area contributed by atoms with Gasteiger partial charge in [-0.05, 0) is 36.4 Å². The fraction of sp³-hybridized carbons (Fsp3) is 0.130. The minimum absolute atomic E-state index is 0.0673. The fourth-order valence-electron chi connectivity index (χ4n) is 2.83. The van der Waals surface area contributed by atoms with Crippen LogP contribution in [0.1, 0.15) is 20.7 Å². The summed E-state index contributed by atoms with van der Waals surface area (Å²) in [6, 6.07) is 13.8. The smallest absolute Gasteiger partial charge is 0.347 e. The number of non-ortho nitro benzene ring substituents is 1. The lowest BCUT2D eigenvalue weighted by molar-refractivity contribution is -0.384. The van der Waals surface area contributed by atoms with E-state index in [0.29, 0.717) is 5.75 Å². The molecule has 0 amide bonds. The summed E-state index contributed by atoms with van der Waals surface area (Å²) in [5.74, 6) is -0.297. The Balaban J connectivity index is 1.77. The van der Waals surface area contributed by atoms with Crippen molar-refractivity contribution in [2.75, 3.05) is 21.3 Å². The summed E-state index contributed by atoms with van der Waals surface area (Å²) in [6.07, 6.45) is 0. The van der Waals surface area contributed by atoms with Crippen molar-refractivity contribution in [3.63, 3.8) is 0 Å². The normalized spacial score (nSPS) is 10.2. The van der Waals surface area contributed by atoms with Crippen LogP contribution < -0.4 is 23.7 Å². The molecule has 0 saturated heterocycles. The fourth-order valence-corrected chi connectivity index (χ4v) is 2.83. The van der Waals surface area contributed by atoms with E-state index in [2.05, 4.69) is 0 Å². The highest BCUT2D eigenvalue weighted by Gasteiger charge is 2.19. The minimum Gasteiger partial charge on any atom is -0.497 e. The van der Waals surface area contributed by atoms with Crippen LogP contribution >= 0.6 is 0 Å². The van der Waals surface area contributed by atoms with Gasteiger partial charge in [0.05, 0.1) is 26.3 Å². The van der Waals surface area contributed by atoms with Gasteiger partial charge in [0.15, 0.2) is 0 Å². The molecular formula is C23H19NO9. The van der Waals surface area contributed by atoms with E-state index in [0.717, 1.165) is 0 Å². The number of esters is 2. The van der Waals surface area contributed by atoms with E-state index in [1.807, 2.05) is 0 Å². The van der Waals surface area contributed by atoms with Crippen LogP contribution in [0, 0.1) is 10.1 Å². The highest BCUT2D eigenvalue weighted by molar-refractivity contribution is 5.96. The van der Waals surface area contributed by atoms with Crippen molar-refractivity contribution in [1.29, 1.82) is 0 Å². The van der Waals surface area contributed by atoms with Crippen molar-refractivity contribution < 1.29 is 38.2 Å². The van der Waals surface area contributed by atoms with E-state index >= 15 is 0 Å². The number of rotatable bonds is 8.